The zero-order valence-electron chi connectivity index (χ0n) is 11.5. The summed E-state index contributed by atoms with van der Waals surface area (Å²) in [6.45, 7) is 2.72. The molecule has 1 aliphatic heterocycles. The largest absolute Gasteiger partial charge is 0.508 e. The van der Waals surface area contributed by atoms with Crippen molar-refractivity contribution >= 4 is 28.5 Å². The zero-order valence-corrected chi connectivity index (χ0v) is 13.7. The van der Waals surface area contributed by atoms with Crippen LogP contribution >= 0.6 is 22.6 Å². The fraction of sp³-hybridized carbons (Fsp3) is 0.533. The molecule has 2 N–H and O–H groups in total. The second-order valence-corrected chi connectivity index (χ2v) is 6.17. The first-order chi connectivity index (χ1) is 9.72. The molecule has 0 radical (unpaired) electrons. The average Bonchev–Trinajstić information content (AvgIpc) is 2.92. The third-order valence-electron chi connectivity index (χ3n) is 3.62. The van der Waals surface area contributed by atoms with Crippen LogP contribution in [0.4, 0.5) is 0 Å². The highest BCUT2D eigenvalue weighted by atomic mass is 127. The van der Waals surface area contributed by atoms with Crippen LogP contribution in [0.15, 0.2) is 24.3 Å². The van der Waals surface area contributed by atoms with Crippen LogP contribution < -0.4 is 5.32 Å². The van der Waals surface area contributed by atoms with Crippen molar-refractivity contribution in [2.45, 2.75) is 25.3 Å². The molecule has 1 aromatic rings. The Morgan fingerprint density at radius 1 is 1.40 bits per heavy atom. The van der Waals surface area contributed by atoms with Crippen molar-refractivity contribution in [3.8, 4) is 5.75 Å². The smallest absolute Gasteiger partial charge is 0.254 e. The molecule has 1 heterocycles. The second-order valence-electron chi connectivity index (χ2n) is 5.09. The third-order valence-corrected chi connectivity index (χ3v) is 4.38. The van der Waals surface area contributed by atoms with E-state index in [0.29, 0.717) is 11.6 Å². The number of alkyl halides is 1. The van der Waals surface area contributed by atoms with Crippen molar-refractivity contribution in [3.63, 3.8) is 0 Å². The number of phenols is 1. The molecule has 1 aliphatic rings. The summed E-state index contributed by atoms with van der Waals surface area (Å²) < 4.78 is 1.16. The first kappa shape index (κ1) is 15.6. The standard InChI is InChI=1S/C15H21IN2O2/c16-8-2-9-17-11-13-3-1-10-18(13)15(20)12-4-6-14(19)7-5-12/h4-7,13,17,19H,1-3,8-11H2/t13-/m0/s1. The van der Waals surface area contributed by atoms with Crippen LogP contribution in [0.1, 0.15) is 29.6 Å². The van der Waals surface area contributed by atoms with Crippen LogP contribution in [0.25, 0.3) is 0 Å². The van der Waals surface area contributed by atoms with Crippen molar-refractivity contribution < 1.29 is 9.90 Å². The number of nitrogens with zero attached hydrogens (tertiary/aromatic N) is 1. The van der Waals surface area contributed by atoms with E-state index in [1.807, 2.05) is 4.90 Å². The monoisotopic (exact) mass is 388 g/mol. The number of amides is 1. The summed E-state index contributed by atoms with van der Waals surface area (Å²) in [6.07, 6.45) is 3.31. The molecule has 1 amide bonds. The molecule has 20 heavy (non-hydrogen) atoms. The Morgan fingerprint density at radius 2 is 2.15 bits per heavy atom. The van der Waals surface area contributed by atoms with Gasteiger partial charge in [-0.1, -0.05) is 22.6 Å². The van der Waals surface area contributed by atoms with E-state index in [2.05, 4.69) is 27.9 Å². The third kappa shape index (κ3) is 4.09. The normalized spacial score (nSPS) is 18.4. The van der Waals surface area contributed by atoms with Gasteiger partial charge in [0, 0.05) is 29.1 Å². The lowest BCUT2D eigenvalue weighted by molar-refractivity contribution is 0.0736. The lowest BCUT2D eigenvalue weighted by atomic mass is 10.1. The van der Waals surface area contributed by atoms with Gasteiger partial charge in [0.05, 0.1) is 0 Å². The topological polar surface area (TPSA) is 52.6 Å². The van der Waals surface area contributed by atoms with Crippen molar-refractivity contribution in [1.29, 1.82) is 0 Å². The van der Waals surface area contributed by atoms with E-state index >= 15 is 0 Å². The van der Waals surface area contributed by atoms with Gasteiger partial charge < -0.3 is 15.3 Å². The molecule has 1 fully saturated rings. The van der Waals surface area contributed by atoms with Crippen molar-refractivity contribution in [2.75, 3.05) is 24.1 Å². The molecule has 0 saturated carbocycles. The molecule has 0 unspecified atom stereocenters. The van der Waals surface area contributed by atoms with Gasteiger partial charge in [0.25, 0.3) is 5.91 Å². The van der Waals surface area contributed by atoms with Gasteiger partial charge in [-0.2, -0.15) is 0 Å². The minimum atomic E-state index is 0.0724. The Kier molecular flexibility index (Phi) is 6.09. The van der Waals surface area contributed by atoms with Crippen LogP contribution in [0.3, 0.4) is 0 Å². The molecule has 1 saturated heterocycles. The fourth-order valence-electron chi connectivity index (χ4n) is 2.55. The highest BCUT2D eigenvalue weighted by molar-refractivity contribution is 14.1. The molecule has 2 rings (SSSR count). The van der Waals surface area contributed by atoms with Crippen molar-refractivity contribution in [2.24, 2.45) is 0 Å². The van der Waals surface area contributed by atoms with Gasteiger partial charge in [0.15, 0.2) is 0 Å². The number of hydrogen-bond acceptors (Lipinski definition) is 3. The summed E-state index contributed by atoms with van der Waals surface area (Å²) in [7, 11) is 0. The predicted octanol–water partition coefficient (Wildman–Crippen LogP) is 2.41. The Labute approximate surface area is 133 Å². The lowest BCUT2D eigenvalue weighted by Gasteiger charge is -2.25. The molecular weight excluding hydrogens is 367 g/mol. The number of phenolic OH excluding ortho intramolecular Hbond substituents is 1. The van der Waals surface area contributed by atoms with E-state index < -0.39 is 0 Å². The number of carbonyl (C=O) groups excluding carboxylic acids is 1. The molecule has 110 valence electrons. The molecule has 4 nitrogen and oxygen atoms in total. The molecule has 1 aromatic carbocycles. The highest BCUT2D eigenvalue weighted by Gasteiger charge is 2.28. The van der Waals surface area contributed by atoms with E-state index in [4.69, 9.17) is 0 Å². The summed E-state index contributed by atoms with van der Waals surface area (Å²) in [5, 5.41) is 12.7. The van der Waals surface area contributed by atoms with E-state index in [-0.39, 0.29) is 11.7 Å². The highest BCUT2D eigenvalue weighted by Crippen LogP contribution is 2.20. The summed E-state index contributed by atoms with van der Waals surface area (Å²) >= 11 is 2.38. The molecule has 0 spiro atoms. The lowest BCUT2D eigenvalue weighted by Crippen LogP contribution is -2.41. The van der Waals surface area contributed by atoms with Gasteiger partial charge in [-0.3, -0.25) is 4.79 Å². The number of nitrogens with one attached hydrogen (secondary N) is 1. The number of aromatic hydroxyl groups is 1. The number of likely N-dealkylation sites (tertiary alicyclic amines) is 1. The Morgan fingerprint density at radius 3 is 2.85 bits per heavy atom. The zero-order chi connectivity index (χ0) is 14.4. The van der Waals surface area contributed by atoms with Crippen LogP contribution in [-0.4, -0.2) is 46.0 Å². The molecule has 0 aliphatic carbocycles. The van der Waals surface area contributed by atoms with E-state index in [1.54, 1.807) is 24.3 Å². The van der Waals surface area contributed by atoms with Gasteiger partial charge in [-0.05, 0) is 50.1 Å². The SMILES string of the molecule is O=C(c1ccc(O)cc1)N1CCC[C@H]1CNCCCI. The van der Waals surface area contributed by atoms with Crippen LogP contribution in [0, 0.1) is 0 Å². The number of hydrogen-bond donors (Lipinski definition) is 2. The summed E-state index contributed by atoms with van der Waals surface area (Å²) in [5.74, 6) is 0.267. The molecule has 5 heteroatoms. The predicted molar refractivity (Wildman–Crippen MR) is 88.5 cm³/mol. The molecular formula is C15H21IN2O2. The number of halogens is 1. The fourth-order valence-corrected chi connectivity index (χ4v) is 2.93. The van der Waals surface area contributed by atoms with Gasteiger partial charge in [0.1, 0.15) is 5.75 Å². The summed E-state index contributed by atoms with van der Waals surface area (Å²) in [6, 6.07) is 6.81. The average molecular weight is 388 g/mol. The summed E-state index contributed by atoms with van der Waals surface area (Å²) in [4.78, 5) is 14.4. The van der Waals surface area contributed by atoms with E-state index in [9.17, 15) is 9.90 Å². The van der Waals surface area contributed by atoms with Gasteiger partial charge >= 0.3 is 0 Å². The van der Waals surface area contributed by atoms with Crippen molar-refractivity contribution in [3.05, 3.63) is 29.8 Å². The first-order valence-corrected chi connectivity index (χ1v) is 8.61. The van der Waals surface area contributed by atoms with Crippen LogP contribution in [0.2, 0.25) is 0 Å². The van der Waals surface area contributed by atoms with Crippen molar-refractivity contribution in [1.82, 2.24) is 10.2 Å². The number of rotatable bonds is 6. The van der Waals surface area contributed by atoms with Crippen LogP contribution in [0.5, 0.6) is 5.75 Å². The maximum absolute atomic E-state index is 12.5. The minimum absolute atomic E-state index is 0.0724. The summed E-state index contributed by atoms with van der Waals surface area (Å²) in [5.41, 5.74) is 0.655. The minimum Gasteiger partial charge on any atom is -0.508 e. The first-order valence-electron chi connectivity index (χ1n) is 7.09. The molecule has 0 bridgehead atoms. The number of benzene rings is 1. The van der Waals surface area contributed by atoms with Crippen LogP contribution in [-0.2, 0) is 0 Å². The van der Waals surface area contributed by atoms with Gasteiger partial charge in [0.2, 0.25) is 0 Å². The van der Waals surface area contributed by atoms with Gasteiger partial charge in [-0.15, -0.1) is 0 Å². The maximum atomic E-state index is 12.5. The Bertz CT molecular complexity index is 436. The Balaban J connectivity index is 1.92. The molecule has 0 aromatic heterocycles. The van der Waals surface area contributed by atoms with E-state index in [0.717, 1.165) is 36.9 Å². The number of carbonyl (C=O) groups is 1. The van der Waals surface area contributed by atoms with E-state index in [1.165, 1.54) is 6.42 Å². The Hall–Kier alpha value is -0.820. The van der Waals surface area contributed by atoms with Gasteiger partial charge in [-0.25, -0.2) is 0 Å². The second kappa shape index (κ2) is 7.83. The molecule has 1 atom stereocenters. The maximum Gasteiger partial charge on any atom is 0.254 e. The quantitative estimate of drug-likeness (QED) is 0.447.